The van der Waals surface area contributed by atoms with Crippen LogP contribution < -0.4 is 5.32 Å². The maximum atomic E-state index is 13.1. The van der Waals surface area contributed by atoms with E-state index in [4.69, 9.17) is 10.2 Å². The molecule has 0 bridgehead atoms. The highest BCUT2D eigenvalue weighted by Crippen LogP contribution is 2.16. The maximum Gasteiger partial charge on any atom is 0.332 e. The molecule has 0 aromatic heterocycles. The smallest absolute Gasteiger partial charge is 0.332 e. The third-order valence-corrected chi connectivity index (χ3v) is 2.34. The van der Waals surface area contributed by atoms with Gasteiger partial charge in [0.2, 0.25) is 0 Å². The Morgan fingerprint density at radius 3 is 2.60 bits per heavy atom. The fourth-order valence-corrected chi connectivity index (χ4v) is 1.36. The number of nitro groups is 1. The summed E-state index contributed by atoms with van der Waals surface area (Å²) >= 11 is 0. The second-order valence-electron chi connectivity index (χ2n) is 3.85. The zero-order chi connectivity index (χ0) is 15.3. The molecular formula is C11H11FN2O6. The summed E-state index contributed by atoms with van der Waals surface area (Å²) in [7, 11) is 0. The lowest BCUT2D eigenvalue weighted by Gasteiger charge is -2.07. The van der Waals surface area contributed by atoms with Crippen LogP contribution in [-0.4, -0.2) is 39.7 Å². The Labute approximate surface area is 112 Å². The Kier molecular flexibility index (Phi) is 5.09. The zero-order valence-corrected chi connectivity index (χ0v) is 10.1. The van der Waals surface area contributed by atoms with Crippen molar-refractivity contribution in [3.63, 3.8) is 0 Å². The van der Waals surface area contributed by atoms with Crippen LogP contribution in [0.5, 0.6) is 0 Å². The van der Waals surface area contributed by atoms with E-state index in [1.54, 1.807) is 0 Å². The number of carbonyl (C=O) groups is 2. The van der Waals surface area contributed by atoms with Crippen LogP contribution in [0.15, 0.2) is 18.2 Å². The van der Waals surface area contributed by atoms with Crippen molar-refractivity contribution in [2.24, 2.45) is 0 Å². The number of carboxylic acids is 1. The number of benzene rings is 1. The number of amides is 1. The summed E-state index contributed by atoms with van der Waals surface area (Å²) < 4.78 is 13.1. The van der Waals surface area contributed by atoms with Crippen LogP contribution in [0.1, 0.15) is 16.8 Å². The molecule has 0 aliphatic rings. The monoisotopic (exact) mass is 286 g/mol. The molecule has 0 fully saturated rings. The van der Waals surface area contributed by atoms with Gasteiger partial charge in [-0.3, -0.25) is 14.9 Å². The Morgan fingerprint density at radius 2 is 2.05 bits per heavy atom. The standard InChI is InChI=1S/C11H11FN2O6/c12-7-3-6(4-8(5-7)14(19)20)10(16)13-2-1-9(15)11(17)18/h3-5,9,15H,1-2H2,(H,13,16)(H,17,18)/t9-/m0/s1. The Balaban J connectivity index is 2.68. The molecule has 0 spiro atoms. The largest absolute Gasteiger partial charge is 0.479 e. The van der Waals surface area contributed by atoms with Gasteiger partial charge in [0.15, 0.2) is 6.10 Å². The maximum absolute atomic E-state index is 13.1. The van der Waals surface area contributed by atoms with E-state index in [9.17, 15) is 24.1 Å². The fourth-order valence-electron chi connectivity index (χ4n) is 1.36. The lowest BCUT2D eigenvalue weighted by molar-refractivity contribution is -0.385. The summed E-state index contributed by atoms with van der Waals surface area (Å²) in [4.78, 5) is 31.6. The van der Waals surface area contributed by atoms with Crippen molar-refractivity contribution in [1.29, 1.82) is 0 Å². The number of aliphatic carboxylic acids is 1. The fraction of sp³-hybridized carbons (Fsp3) is 0.273. The number of aliphatic hydroxyl groups is 1. The Bertz CT molecular complexity index is 548. The van der Waals surface area contributed by atoms with Crippen molar-refractivity contribution >= 4 is 17.6 Å². The van der Waals surface area contributed by atoms with Gasteiger partial charge >= 0.3 is 5.97 Å². The van der Waals surface area contributed by atoms with Gasteiger partial charge in [0.25, 0.3) is 11.6 Å². The second-order valence-corrected chi connectivity index (χ2v) is 3.85. The summed E-state index contributed by atoms with van der Waals surface area (Å²) in [6, 6.07) is 2.38. The molecule has 1 rings (SSSR count). The predicted octanol–water partition coefficient (Wildman–Crippen LogP) is 0.299. The molecule has 0 heterocycles. The van der Waals surface area contributed by atoms with Gasteiger partial charge in [-0.25, -0.2) is 9.18 Å². The van der Waals surface area contributed by atoms with E-state index in [2.05, 4.69) is 5.32 Å². The Morgan fingerprint density at radius 1 is 1.40 bits per heavy atom. The van der Waals surface area contributed by atoms with E-state index in [-0.39, 0.29) is 18.5 Å². The number of halogens is 1. The van der Waals surface area contributed by atoms with Crippen molar-refractivity contribution in [2.75, 3.05) is 6.54 Å². The van der Waals surface area contributed by atoms with E-state index < -0.39 is 34.4 Å². The minimum Gasteiger partial charge on any atom is -0.479 e. The highest BCUT2D eigenvalue weighted by atomic mass is 19.1. The van der Waals surface area contributed by atoms with Crippen LogP contribution in [0.25, 0.3) is 0 Å². The van der Waals surface area contributed by atoms with Gasteiger partial charge in [-0.15, -0.1) is 0 Å². The molecule has 1 amide bonds. The van der Waals surface area contributed by atoms with Gasteiger partial charge in [-0.05, 0) is 6.07 Å². The summed E-state index contributed by atoms with van der Waals surface area (Å²) in [5, 5.41) is 30.1. The molecular weight excluding hydrogens is 275 g/mol. The predicted molar refractivity (Wildman–Crippen MR) is 63.6 cm³/mol. The number of hydrogen-bond acceptors (Lipinski definition) is 5. The first-order chi connectivity index (χ1) is 9.31. The molecule has 1 aromatic carbocycles. The minimum atomic E-state index is -1.63. The van der Waals surface area contributed by atoms with Gasteiger partial charge in [0.1, 0.15) is 5.82 Å². The van der Waals surface area contributed by atoms with E-state index >= 15 is 0 Å². The SMILES string of the molecule is O=C(NCC[C@H](O)C(=O)O)c1cc(F)cc([N+](=O)[O-])c1. The molecule has 1 aromatic rings. The number of nitrogens with one attached hydrogen (secondary N) is 1. The van der Waals surface area contributed by atoms with Crippen molar-refractivity contribution in [2.45, 2.75) is 12.5 Å². The lowest BCUT2D eigenvalue weighted by atomic mass is 10.1. The summed E-state index contributed by atoms with van der Waals surface area (Å²) in [5.74, 6) is -3.17. The second kappa shape index (κ2) is 6.57. The highest BCUT2D eigenvalue weighted by molar-refractivity contribution is 5.94. The first kappa shape index (κ1) is 15.5. The van der Waals surface area contributed by atoms with Gasteiger partial charge in [-0.1, -0.05) is 0 Å². The average molecular weight is 286 g/mol. The molecule has 0 aliphatic heterocycles. The normalized spacial score (nSPS) is 11.7. The molecule has 0 unspecified atom stereocenters. The van der Waals surface area contributed by atoms with E-state index in [0.29, 0.717) is 6.07 Å². The molecule has 1 atom stereocenters. The molecule has 0 radical (unpaired) electrons. The molecule has 108 valence electrons. The molecule has 0 saturated heterocycles. The third-order valence-electron chi connectivity index (χ3n) is 2.34. The van der Waals surface area contributed by atoms with Crippen LogP contribution in [0.2, 0.25) is 0 Å². The molecule has 0 saturated carbocycles. The van der Waals surface area contributed by atoms with Crippen molar-refractivity contribution in [3.8, 4) is 0 Å². The van der Waals surface area contributed by atoms with Crippen molar-refractivity contribution < 1.29 is 29.1 Å². The third kappa shape index (κ3) is 4.28. The van der Waals surface area contributed by atoms with E-state index in [1.807, 2.05) is 0 Å². The first-order valence-corrected chi connectivity index (χ1v) is 5.45. The topological polar surface area (TPSA) is 130 Å². The van der Waals surface area contributed by atoms with Gasteiger partial charge in [0, 0.05) is 24.6 Å². The van der Waals surface area contributed by atoms with Crippen LogP contribution in [-0.2, 0) is 4.79 Å². The molecule has 9 heteroatoms. The highest BCUT2D eigenvalue weighted by Gasteiger charge is 2.16. The van der Waals surface area contributed by atoms with E-state index in [1.165, 1.54) is 0 Å². The number of nitro benzene ring substituents is 1. The van der Waals surface area contributed by atoms with Crippen LogP contribution in [0, 0.1) is 15.9 Å². The summed E-state index contributed by atoms with van der Waals surface area (Å²) in [6.45, 7) is -0.170. The van der Waals surface area contributed by atoms with Crippen LogP contribution in [0.3, 0.4) is 0 Å². The number of aliphatic hydroxyl groups excluding tert-OH is 1. The lowest BCUT2D eigenvalue weighted by Crippen LogP contribution is -2.30. The van der Waals surface area contributed by atoms with Crippen LogP contribution in [0.4, 0.5) is 10.1 Å². The van der Waals surface area contributed by atoms with Crippen molar-refractivity contribution in [1.82, 2.24) is 5.32 Å². The number of carbonyl (C=O) groups excluding carboxylic acids is 1. The van der Waals surface area contributed by atoms with Crippen LogP contribution >= 0.6 is 0 Å². The summed E-state index contributed by atoms with van der Waals surface area (Å²) in [5.41, 5.74) is -0.831. The van der Waals surface area contributed by atoms with Gasteiger partial charge < -0.3 is 15.5 Å². The minimum absolute atomic E-state index is 0.170. The summed E-state index contributed by atoms with van der Waals surface area (Å²) in [6.07, 6.45) is -1.87. The number of nitrogens with zero attached hydrogens (tertiary/aromatic N) is 1. The molecule has 3 N–H and O–H groups in total. The molecule has 20 heavy (non-hydrogen) atoms. The quantitative estimate of drug-likeness (QED) is 0.509. The molecule has 0 aliphatic carbocycles. The van der Waals surface area contributed by atoms with Gasteiger partial charge in [-0.2, -0.15) is 0 Å². The zero-order valence-electron chi connectivity index (χ0n) is 10.1. The molecule has 8 nitrogen and oxygen atoms in total. The van der Waals surface area contributed by atoms with Gasteiger partial charge in [0.05, 0.1) is 11.0 Å². The van der Waals surface area contributed by atoms with E-state index in [0.717, 1.165) is 12.1 Å². The van der Waals surface area contributed by atoms with Crippen molar-refractivity contribution in [3.05, 3.63) is 39.7 Å². The number of non-ortho nitro benzene ring substituents is 1. The first-order valence-electron chi connectivity index (χ1n) is 5.45. The Hall–Kier alpha value is -2.55. The number of carboxylic acid groups (broad SMARTS) is 1. The average Bonchev–Trinajstić information content (AvgIpc) is 2.37. The number of hydrogen-bond donors (Lipinski definition) is 3. The number of rotatable bonds is 6.